The minimum atomic E-state index is -0.504. The second kappa shape index (κ2) is 9.35. The highest BCUT2D eigenvalue weighted by molar-refractivity contribution is 7.98. The van der Waals surface area contributed by atoms with E-state index in [4.69, 9.17) is 0 Å². The van der Waals surface area contributed by atoms with Gasteiger partial charge in [0.1, 0.15) is 0 Å². The van der Waals surface area contributed by atoms with Gasteiger partial charge in [0, 0.05) is 42.9 Å². The van der Waals surface area contributed by atoms with Crippen molar-refractivity contribution in [1.82, 2.24) is 18.7 Å². The molecule has 2 aliphatic carbocycles. The Labute approximate surface area is 211 Å². The first-order chi connectivity index (χ1) is 17.3. The van der Waals surface area contributed by atoms with Crippen LogP contribution < -0.4 is 21.9 Å². The van der Waals surface area contributed by atoms with Crippen LogP contribution in [0.5, 0.6) is 0 Å². The monoisotopic (exact) mass is 506 g/mol. The van der Waals surface area contributed by atoms with Gasteiger partial charge in [-0.3, -0.25) is 23.5 Å². The Morgan fingerprint density at radius 3 is 2.11 bits per heavy atom. The highest BCUT2D eigenvalue weighted by Crippen LogP contribution is 2.32. The molecule has 0 atom stereocenters. The molecule has 1 aromatic carbocycles. The fourth-order valence-corrected chi connectivity index (χ4v) is 4.52. The first-order valence-corrected chi connectivity index (χ1v) is 12.9. The fraction of sp³-hybridized carbons (Fsp3) is 0.400. The fourth-order valence-electron chi connectivity index (χ4n) is 3.98. The molecule has 0 saturated heterocycles. The van der Waals surface area contributed by atoms with Crippen LogP contribution in [0.3, 0.4) is 0 Å². The molecule has 0 unspecified atom stereocenters. The minimum absolute atomic E-state index is 0.0106. The number of hydrogen-bond donors (Lipinski definition) is 2. The lowest BCUT2D eigenvalue weighted by Gasteiger charge is -2.10. The van der Waals surface area contributed by atoms with Crippen molar-refractivity contribution >= 4 is 46.1 Å². The molecule has 11 heteroatoms. The normalized spacial score (nSPS) is 14.9. The number of fused-ring (bicyclic) bond motifs is 1. The van der Waals surface area contributed by atoms with Crippen LogP contribution in [0.15, 0.2) is 32.9 Å². The van der Waals surface area contributed by atoms with Gasteiger partial charge in [0.25, 0.3) is 5.56 Å². The average Bonchev–Trinajstić information content (AvgIpc) is 3.75. The number of nitrogens with one attached hydrogen (secondary N) is 2. The standard InChI is InChI=1S/C25H26N6O4S/c1-29-19-20(28-24(29)36-3)31(25(35)30(2)23(19)34)10-4-5-14-11-17(26-21(32)15-6-7-15)13-18(12-14)27-22(33)16-8-9-16/h11-13,15-16H,6-10H2,1-3H3,(H,26,32)(H,27,33). The SMILES string of the molecule is CSc1nc2c(c(=O)n(C)c(=O)n2CC#Cc2cc(NC(=O)C3CC3)cc(NC(=O)C3CC3)c2)n1C. The Kier molecular flexibility index (Phi) is 6.22. The third kappa shape index (κ3) is 4.68. The summed E-state index contributed by atoms with van der Waals surface area (Å²) in [5.74, 6) is 6.01. The average molecular weight is 507 g/mol. The molecular weight excluding hydrogens is 480 g/mol. The zero-order valence-corrected chi connectivity index (χ0v) is 21.1. The Morgan fingerprint density at radius 2 is 1.58 bits per heavy atom. The topological polar surface area (TPSA) is 120 Å². The van der Waals surface area contributed by atoms with Crippen LogP contribution in [-0.4, -0.2) is 36.8 Å². The number of anilines is 2. The maximum Gasteiger partial charge on any atom is 0.333 e. The third-order valence-corrected chi connectivity index (χ3v) is 7.06. The van der Waals surface area contributed by atoms with Crippen molar-refractivity contribution in [2.45, 2.75) is 37.4 Å². The summed E-state index contributed by atoms with van der Waals surface area (Å²) in [4.78, 5) is 54.6. The Bertz CT molecular complexity index is 1540. The van der Waals surface area contributed by atoms with Crippen molar-refractivity contribution in [2.75, 3.05) is 16.9 Å². The molecule has 0 aliphatic heterocycles. The summed E-state index contributed by atoms with van der Waals surface area (Å²) in [6.45, 7) is 0.0106. The molecule has 10 nitrogen and oxygen atoms in total. The number of aromatic nitrogens is 4. The van der Waals surface area contributed by atoms with Crippen molar-refractivity contribution in [3.05, 3.63) is 44.6 Å². The van der Waals surface area contributed by atoms with Gasteiger partial charge < -0.3 is 15.2 Å². The maximum absolute atomic E-state index is 12.9. The Balaban J connectivity index is 1.48. The zero-order valence-electron chi connectivity index (χ0n) is 20.3. The van der Waals surface area contributed by atoms with E-state index in [0.29, 0.717) is 27.6 Å². The van der Waals surface area contributed by atoms with Gasteiger partial charge in [0.05, 0.1) is 6.54 Å². The zero-order chi connectivity index (χ0) is 25.6. The lowest BCUT2D eigenvalue weighted by atomic mass is 10.1. The summed E-state index contributed by atoms with van der Waals surface area (Å²) in [5, 5.41) is 6.43. The number of aryl methyl sites for hydroxylation is 1. The van der Waals surface area contributed by atoms with Crippen LogP contribution in [0.4, 0.5) is 11.4 Å². The van der Waals surface area contributed by atoms with Crippen LogP contribution in [0.2, 0.25) is 0 Å². The number of hydrogen-bond acceptors (Lipinski definition) is 6. The van der Waals surface area contributed by atoms with Gasteiger partial charge in [-0.15, -0.1) is 0 Å². The largest absolute Gasteiger partial charge is 0.333 e. The lowest BCUT2D eigenvalue weighted by Crippen LogP contribution is -2.38. The summed E-state index contributed by atoms with van der Waals surface area (Å²) in [5.41, 5.74) is 1.39. The number of imidazole rings is 1. The van der Waals surface area contributed by atoms with Crippen LogP contribution in [0.1, 0.15) is 31.2 Å². The quantitative estimate of drug-likeness (QED) is 0.389. The molecule has 2 aliphatic rings. The number of nitrogens with zero attached hydrogens (tertiary/aromatic N) is 4. The van der Waals surface area contributed by atoms with Crippen LogP contribution in [0, 0.1) is 23.7 Å². The first-order valence-electron chi connectivity index (χ1n) is 11.7. The van der Waals surface area contributed by atoms with Crippen molar-refractivity contribution in [1.29, 1.82) is 0 Å². The van der Waals surface area contributed by atoms with Crippen LogP contribution >= 0.6 is 11.8 Å². The number of benzene rings is 1. The molecule has 3 aromatic rings. The third-order valence-electron chi connectivity index (χ3n) is 6.33. The van der Waals surface area contributed by atoms with Crippen molar-refractivity contribution in [3.8, 4) is 11.8 Å². The van der Waals surface area contributed by atoms with Gasteiger partial charge in [-0.2, -0.15) is 0 Å². The molecule has 2 fully saturated rings. The molecule has 2 saturated carbocycles. The first kappa shape index (κ1) is 23.9. The van der Waals surface area contributed by atoms with E-state index in [1.54, 1.807) is 29.8 Å². The van der Waals surface area contributed by atoms with Crippen molar-refractivity contribution < 1.29 is 9.59 Å². The van der Waals surface area contributed by atoms with Gasteiger partial charge in [0.15, 0.2) is 16.3 Å². The van der Waals surface area contributed by atoms with E-state index in [1.807, 2.05) is 6.26 Å². The van der Waals surface area contributed by atoms with E-state index in [2.05, 4.69) is 27.5 Å². The molecule has 2 amide bonds. The number of carbonyl (C=O) groups excluding carboxylic acids is 2. The van der Waals surface area contributed by atoms with Gasteiger partial charge >= 0.3 is 5.69 Å². The molecule has 2 heterocycles. The van der Waals surface area contributed by atoms with Gasteiger partial charge in [-0.1, -0.05) is 23.6 Å². The van der Waals surface area contributed by atoms with E-state index in [1.165, 1.54) is 23.4 Å². The summed E-state index contributed by atoms with van der Waals surface area (Å²) in [6.07, 6.45) is 5.37. The minimum Gasteiger partial charge on any atom is -0.326 e. The molecule has 0 bridgehead atoms. The van der Waals surface area contributed by atoms with E-state index >= 15 is 0 Å². The Hall–Kier alpha value is -3.78. The van der Waals surface area contributed by atoms with Gasteiger partial charge in [0.2, 0.25) is 11.8 Å². The lowest BCUT2D eigenvalue weighted by molar-refractivity contribution is -0.118. The summed E-state index contributed by atoms with van der Waals surface area (Å²) >= 11 is 1.38. The molecule has 2 aromatic heterocycles. The molecule has 2 N–H and O–H groups in total. The smallest absolute Gasteiger partial charge is 0.326 e. The number of thioether (sulfide) groups is 1. The second-order valence-corrected chi connectivity index (χ2v) is 9.96. The van der Waals surface area contributed by atoms with E-state index in [-0.39, 0.29) is 35.8 Å². The predicted octanol–water partition coefficient (Wildman–Crippen LogP) is 1.90. The summed E-state index contributed by atoms with van der Waals surface area (Å²) < 4.78 is 4.10. The second-order valence-electron chi connectivity index (χ2n) is 9.19. The molecule has 0 radical (unpaired) electrons. The van der Waals surface area contributed by atoms with Gasteiger partial charge in [-0.25, -0.2) is 9.78 Å². The molecule has 0 spiro atoms. The summed E-state index contributed by atoms with van der Waals surface area (Å²) in [6, 6.07) is 5.21. The number of amides is 2. The van der Waals surface area contributed by atoms with Crippen LogP contribution in [-0.2, 0) is 30.2 Å². The van der Waals surface area contributed by atoms with Crippen molar-refractivity contribution in [2.24, 2.45) is 25.9 Å². The molecule has 36 heavy (non-hydrogen) atoms. The highest BCUT2D eigenvalue weighted by Gasteiger charge is 2.31. The van der Waals surface area contributed by atoms with Crippen LogP contribution in [0.25, 0.3) is 11.2 Å². The highest BCUT2D eigenvalue weighted by atomic mass is 32.2. The Morgan fingerprint density at radius 1 is 1.00 bits per heavy atom. The predicted molar refractivity (Wildman–Crippen MR) is 138 cm³/mol. The molecule has 186 valence electrons. The number of rotatable bonds is 6. The van der Waals surface area contributed by atoms with E-state index in [9.17, 15) is 19.2 Å². The molecule has 5 rings (SSSR count). The maximum atomic E-state index is 12.9. The van der Waals surface area contributed by atoms with Gasteiger partial charge in [-0.05, 0) is 50.1 Å². The molecular formula is C25H26N6O4S. The van der Waals surface area contributed by atoms with Crippen molar-refractivity contribution in [3.63, 3.8) is 0 Å². The summed E-state index contributed by atoms with van der Waals surface area (Å²) in [7, 11) is 3.17. The van der Waals surface area contributed by atoms with E-state index in [0.717, 1.165) is 30.3 Å². The number of carbonyl (C=O) groups is 2. The van der Waals surface area contributed by atoms with E-state index < -0.39 is 11.2 Å².